The van der Waals surface area contributed by atoms with Gasteiger partial charge in [0.2, 0.25) is 0 Å². The molecule has 1 aromatic heterocycles. The van der Waals surface area contributed by atoms with Crippen molar-refractivity contribution < 1.29 is 4.42 Å². The molecule has 19 heavy (non-hydrogen) atoms. The molecule has 5 heteroatoms. The van der Waals surface area contributed by atoms with E-state index in [4.69, 9.17) is 16.0 Å². The van der Waals surface area contributed by atoms with Crippen molar-refractivity contribution in [2.45, 2.75) is 42.5 Å². The highest BCUT2D eigenvalue weighted by Crippen LogP contribution is 2.30. The van der Waals surface area contributed by atoms with Crippen molar-refractivity contribution in [3.8, 4) is 0 Å². The number of rotatable bonds is 5. The molecule has 0 radical (unpaired) electrons. The summed E-state index contributed by atoms with van der Waals surface area (Å²) in [5.74, 6) is 0. The molecule has 3 nitrogen and oxygen atoms in total. The Bertz CT molecular complexity index is 581. The standard InChI is InChI=1S/C14H15ClN2OS/c1-9-8-18-14(17-9)19-12-5-2-10(13(15)6-12)7-16-11-3-4-11/h2,5-6,8,11,16H,3-4,7H2,1H3. The molecular formula is C14H15ClN2OS. The Labute approximate surface area is 121 Å². The van der Waals surface area contributed by atoms with Crippen LogP contribution in [0.2, 0.25) is 5.02 Å². The van der Waals surface area contributed by atoms with Gasteiger partial charge in [0, 0.05) is 22.5 Å². The van der Waals surface area contributed by atoms with Crippen molar-refractivity contribution in [3.63, 3.8) is 0 Å². The predicted octanol–water partition coefficient (Wildman–Crippen LogP) is 4.04. The first-order valence-electron chi connectivity index (χ1n) is 6.32. The largest absolute Gasteiger partial charge is 0.439 e. The average Bonchev–Trinajstić information content (AvgIpc) is 3.12. The van der Waals surface area contributed by atoms with Crippen molar-refractivity contribution in [2.24, 2.45) is 0 Å². The second-order valence-corrected chi connectivity index (χ2v) is 6.20. The van der Waals surface area contributed by atoms with E-state index in [1.165, 1.54) is 24.6 Å². The molecule has 0 atom stereocenters. The van der Waals surface area contributed by atoms with Gasteiger partial charge in [-0.25, -0.2) is 4.98 Å². The monoisotopic (exact) mass is 294 g/mol. The molecule has 1 aliphatic carbocycles. The lowest BCUT2D eigenvalue weighted by Crippen LogP contribution is -2.15. The van der Waals surface area contributed by atoms with Gasteiger partial charge in [-0.15, -0.1) is 0 Å². The molecule has 1 saturated carbocycles. The van der Waals surface area contributed by atoms with E-state index in [9.17, 15) is 0 Å². The zero-order valence-corrected chi connectivity index (χ0v) is 12.2. The highest BCUT2D eigenvalue weighted by atomic mass is 35.5. The Balaban J connectivity index is 1.67. The number of oxazole rings is 1. The van der Waals surface area contributed by atoms with Gasteiger partial charge in [-0.3, -0.25) is 0 Å². The second-order valence-electron chi connectivity index (χ2n) is 4.77. The predicted molar refractivity (Wildman–Crippen MR) is 76.7 cm³/mol. The van der Waals surface area contributed by atoms with Crippen LogP contribution in [0.25, 0.3) is 0 Å². The molecule has 0 unspecified atom stereocenters. The third kappa shape index (κ3) is 3.53. The lowest BCUT2D eigenvalue weighted by atomic mass is 10.2. The SMILES string of the molecule is Cc1coc(Sc2ccc(CNC3CC3)c(Cl)c2)n1. The van der Waals surface area contributed by atoms with Crippen molar-refractivity contribution in [3.05, 3.63) is 40.7 Å². The molecule has 1 N–H and O–H groups in total. The maximum atomic E-state index is 6.30. The van der Waals surface area contributed by atoms with Crippen LogP contribution in [-0.4, -0.2) is 11.0 Å². The second kappa shape index (κ2) is 5.57. The van der Waals surface area contributed by atoms with Gasteiger partial charge in [-0.1, -0.05) is 17.7 Å². The summed E-state index contributed by atoms with van der Waals surface area (Å²) in [6, 6.07) is 6.78. The average molecular weight is 295 g/mol. The van der Waals surface area contributed by atoms with Crippen LogP contribution < -0.4 is 5.32 Å². The van der Waals surface area contributed by atoms with Gasteiger partial charge in [0.25, 0.3) is 5.22 Å². The van der Waals surface area contributed by atoms with E-state index in [1.54, 1.807) is 6.26 Å². The molecule has 0 aliphatic heterocycles. The fourth-order valence-electron chi connectivity index (χ4n) is 1.76. The van der Waals surface area contributed by atoms with Crippen molar-refractivity contribution >= 4 is 23.4 Å². The third-order valence-electron chi connectivity index (χ3n) is 2.99. The minimum absolute atomic E-state index is 0.650. The van der Waals surface area contributed by atoms with Gasteiger partial charge in [-0.05, 0) is 49.2 Å². The van der Waals surface area contributed by atoms with E-state index in [-0.39, 0.29) is 0 Å². The summed E-state index contributed by atoms with van der Waals surface area (Å²) in [6.07, 6.45) is 4.22. The summed E-state index contributed by atoms with van der Waals surface area (Å²) in [7, 11) is 0. The molecule has 0 amide bonds. The van der Waals surface area contributed by atoms with Crippen LogP contribution in [0.5, 0.6) is 0 Å². The van der Waals surface area contributed by atoms with E-state index >= 15 is 0 Å². The quantitative estimate of drug-likeness (QED) is 0.903. The number of aryl methyl sites for hydroxylation is 1. The fraction of sp³-hybridized carbons (Fsp3) is 0.357. The molecule has 0 bridgehead atoms. The summed E-state index contributed by atoms with van der Waals surface area (Å²) in [4.78, 5) is 5.31. The van der Waals surface area contributed by atoms with Crippen LogP contribution in [0, 0.1) is 6.92 Å². The first-order valence-corrected chi connectivity index (χ1v) is 7.52. The van der Waals surface area contributed by atoms with E-state index in [0.717, 1.165) is 27.7 Å². The highest BCUT2D eigenvalue weighted by Gasteiger charge is 2.20. The number of benzene rings is 1. The Hall–Kier alpha value is -0.970. The van der Waals surface area contributed by atoms with Gasteiger partial charge in [0.1, 0.15) is 6.26 Å². The summed E-state index contributed by atoms with van der Waals surface area (Å²) >= 11 is 7.79. The number of halogens is 1. The highest BCUT2D eigenvalue weighted by molar-refractivity contribution is 7.99. The van der Waals surface area contributed by atoms with Gasteiger partial charge in [0.15, 0.2) is 0 Å². The van der Waals surface area contributed by atoms with Gasteiger partial charge in [-0.2, -0.15) is 0 Å². The Morgan fingerprint density at radius 1 is 1.47 bits per heavy atom. The first kappa shape index (κ1) is 13.0. The lowest BCUT2D eigenvalue weighted by molar-refractivity contribution is 0.454. The third-order valence-corrected chi connectivity index (χ3v) is 4.19. The molecule has 1 fully saturated rings. The fourth-order valence-corrected chi connectivity index (χ4v) is 2.87. The maximum Gasteiger partial charge on any atom is 0.260 e. The number of aromatic nitrogens is 1. The molecule has 1 heterocycles. The summed E-state index contributed by atoms with van der Waals surface area (Å²) in [6.45, 7) is 2.75. The zero-order valence-electron chi connectivity index (χ0n) is 10.6. The van der Waals surface area contributed by atoms with Crippen LogP contribution in [0.3, 0.4) is 0 Å². The molecule has 3 rings (SSSR count). The van der Waals surface area contributed by atoms with Crippen LogP contribution in [0.15, 0.2) is 39.0 Å². The van der Waals surface area contributed by atoms with Gasteiger partial charge >= 0.3 is 0 Å². The molecule has 1 aliphatic rings. The molecule has 0 spiro atoms. The summed E-state index contributed by atoms with van der Waals surface area (Å²) in [5, 5.41) is 4.91. The Morgan fingerprint density at radius 2 is 2.32 bits per heavy atom. The lowest BCUT2D eigenvalue weighted by Gasteiger charge is -2.07. The minimum atomic E-state index is 0.650. The Kier molecular flexibility index (Phi) is 3.82. The van der Waals surface area contributed by atoms with E-state index < -0.39 is 0 Å². The minimum Gasteiger partial charge on any atom is -0.439 e. The van der Waals surface area contributed by atoms with E-state index in [2.05, 4.69) is 22.4 Å². The maximum absolute atomic E-state index is 6.30. The van der Waals surface area contributed by atoms with Crippen molar-refractivity contribution in [1.82, 2.24) is 10.3 Å². The van der Waals surface area contributed by atoms with Gasteiger partial charge < -0.3 is 9.73 Å². The molecule has 0 saturated heterocycles. The normalized spacial score (nSPS) is 14.8. The molecular weight excluding hydrogens is 280 g/mol. The number of nitrogens with one attached hydrogen (secondary N) is 1. The summed E-state index contributed by atoms with van der Waals surface area (Å²) in [5.41, 5.74) is 2.03. The van der Waals surface area contributed by atoms with E-state index in [0.29, 0.717) is 11.3 Å². The van der Waals surface area contributed by atoms with Crippen LogP contribution in [-0.2, 0) is 6.54 Å². The number of nitrogens with zero attached hydrogens (tertiary/aromatic N) is 1. The first-order chi connectivity index (χ1) is 9.20. The van der Waals surface area contributed by atoms with Crippen LogP contribution >= 0.6 is 23.4 Å². The molecule has 1 aromatic carbocycles. The smallest absolute Gasteiger partial charge is 0.260 e. The Morgan fingerprint density at radius 3 is 2.95 bits per heavy atom. The number of hydrogen-bond acceptors (Lipinski definition) is 4. The van der Waals surface area contributed by atoms with Crippen LogP contribution in [0.4, 0.5) is 0 Å². The molecule has 100 valence electrons. The topological polar surface area (TPSA) is 38.1 Å². The molecule has 2 aromatic rings. The van der Waals surface area contributed by atoms with Crippen molar-refractivity contribution in [2.75, 3.05) is 0 Å². The van der Waals surface area contributed by atoms with Crippen LogP contribution in [0.1, 0.15) is 24.1 Å². The van der Waals surface area contributed by atoms with Crippen molar-refractivity contribution in [1.29, 1.82) is 0 Å². The zero-order chi connectivity index (χ0) is 13.2. The van der Waals surface area contributed by atoms with Gasteiger partial charge in [0.05, 0.1) is 5.69 Å². The number of hydrogen-bond donors (Lipinski definition) is 1. The van der Waals surface area contributed by atoms with E-state index in [1.807, 2.05) is 13.0 Å². The summed E-state index contributed by atoms with van der Waals surface area (Å²) < 4.78 is 5.32.